The molecule has 0 bridgehead atoms. The van der Waals surface area contributed by atoms with Gasteiger partial charge < -0.3 is 15.2 Å². The summed E-state index contributed by atoms with van der Waals surface area (Å²) in [5.74, 6) is 1.52. The number of ether oxygens (including phenoxy) is 2. The van der Waals surface area contributed by atoms with Gasteiger partial charge in [-0.1, -0.05) is 13.0 Å². The molecule has 0 aliphatic rings. The molecule has 6 heteroatoms. The lowest BCUT2D eigenvalue weighted by atomic mass is 10.2. The molecule has 1 aromatic carbocycles. The van der Waals surface area contributed by atoms with E-state index >= 15 is 0 Å². The average molecular weight is 287 g/mol. The topological polar surface area (TPSA) is 78.6 Å². The third-order valence-electron chi connectivity index (χ3n) is 2.76. The minimum atomic E-state index is -2.93. The Hall–Kier alpha value is -1.27. The number of sulfone groups is 1. The van der Waals surface area contributed by atoms with E-state index in [1.807, 2.05) is 12.1 Å². The number of nitrogens with two attached hydrogens (primary N) is 1. The predicted octanol–water partition coefficient (Wildman–Crippen LogP) is 1.36. The van der Waals surface area contributed by atoms with Gasteiger partial charge in [0.1, 0.15) is 9.84 Å². The number of hydrogen-bond acceptors (Lipinski definition) is 5. The fourth-order valence-corrected chi connectivity index (χ4v) is 2.41. The fourth-order valence-electron chi connectivity index (χ4n) is 1.57. The van der Waals surface area contributed by atoms with E-state index in [4.69, 9.17) is 15.2 Å². The quantitative estimate of drug-likeness (QED) is 0.730. The zero-order chi connectivity index (χ0) is 14.3. The van der Waals surface area contributed by atoms with Crippen LogP contribution < -0.4 is 15.2 Å². The standard InChI is InChI=1S/C13H21NO4S/c1-3-19(15,16)8-4-7-18-13-9-11(10-14)5-6-12(13)17-2/h5-6,9H,3-4,7-8,10,14H2,1-2H3. The molecule has 0 aromatic heterocycles. The van der Waals surface area contributed by atoms with E-state index in [2.05, 4.69) is 0 Å². The van der Waals surface area contributed by atoms with Gasteiger partial charge in [-0.05, 0) is 24.1 Å². The van der Waals surface area contributed by atoms with Gasteiger partial charge in [-0.15, -0.1) is 0 Å². The molecule has 0 saturated heterocycles. The first kappa shape index (κ1) is 15.8. The molecular weight excluding hydrogens is 266 g/mol. The Morgan fingerprint density at radius 1 is 1.26 bits per heavy atom. The van der Waals surface area contributed by atoms with Gasteiger partial charge in [0, 0.05) is 12.3 Å². The van der Waals surface area contributed by atoms with Gasteiger partial charge in [0.15, 0.2) is 11.5 Å². The second-order valence-electron chi connectivity index (χ2n) is 4.13. The zero-order valence-electron chi connectivity index (χ0n) is 11.4. The SMILES string of the molecule is CCS(=O)(=O)CCCOc1cc(CN)ccc1OC. The number of methoxy groups -OCH3 is 1. The lowest BCUT2D eigenvalue weighted by Gasteiger charge is -2.11. The number of benzene rings is 1. The van der Waals surface area contributed by atoms with Crippen LogP contribution in [0.25, 0.3) is 0 Å². The lowest BCUT2D eigenvalue weighted by molar-refractivity contribution is 0.294. The Morgan fingerprint density at radius 2 is 2.00 bits per heavy atom. The third kappa shape index (κ3) is 5.08. The molecule has 0 aliphatic heterocycles. The van der Waals surface area contributed by atoms with Crippen molar-refractivity contribution in [1.29, 1.82) is 0 Å². The molecule has 0 heterocycles. The highest BCUT2D eigenvalue weighted by Crippen LogP contribution is 2.28. The first-order valence-corrected chi connectivity index (χ1v) is 8.04. The molecule has 2 N–H and O–H groups in total. The maximum absolute atomic E-state index is 11.3. The summed E-state index contributed by atoms with van der Waals surface area (Å²) in [4.78, 5) is 0. The maximum Gasteiger partial charge on any atom is 0.161 e. The average Bonchev–Trinajstić information content (AvgIpc) is 2.43. The summed E-state index contributed by atoms with van der Waals surface area (Å²) >= 11 is 0. The van der Waals surface area contributed by atoms with Crippen molar-refractivity contribution in [3.05, 3.63) is 23.8 Å². The van der Waals surface area contributed by atoms with E-state index in [-0.39, 0.29) is 11.5 Å². The highest BCUT2D eigenvalue weighted by atomic mass is 32.2. The summed E-state index contributed by atoms with van der Waals surface area (Å²) in [6.07, 6.45) is 0.464. The number of hydrogen-bond donors (Lipinski definition) is 1. The summed E-state index contributed by atoms with van der Waals surface area (Å²) in [6.45, 7) is 2.40. The third-order valence-corrected chi connectivity index (χ3v) is 4.55. The van der Waals surface area contributed by atoms with Gasteiger partial charge >= 0.3 is 0 Å². The van der Waals surface area contributed by atoms with Gasteiger partial charge in [-0.25, -0.2) is 8.42 Å². The molecule has 0 radical (unpaired) electrons. The monoisotopic (exact) mass is 287 g/mol. The Morgan fingerprint density at radius 3 is 2.58 bits per heavy atom. The highest BCUT2D eigenvalue weighted by molar-refractivity contribution is 7.91. The molecule has 0 atom stereocenters. The molecule has 0 aliphatic carbocycles. The molecule has 1 rings (SSSR count). The van der Waals surface area contributed by atoms with E-state index in [9.17, 15) is 8.42 Å². The molecule has 0 saturated carbocycles. The minimum absolute atomic E-state index is 0.141. The van der Waals surface area contributed by atoms with Gasteiger partial charge in [0.05, 0.1) is 19.5 Å². The van der Waals surface area contributed by atoms with Crippen LogP contribution in [0.2, 0.25) is 0 Å². The Bertz CT molecular complexity index is 499. The minimum Gasteiger partial charge on any atom is -0.493 e. The maximum atomic E-state index is 11.3. The van der Waals surface area contributed by atoms with Gasteiger partial charge in [-0.3, -0.25) is 0 Å². The molecule has 0 fully saturated rings. The van der Waals surface area contributed by atoms with Gasteiger partial charge in [0.2, 0.25) is 0 Å². The molecule has 0 unspecified atom stereocenters. The van der Waals surface area contributed by atoms with Crippen LogP contribution in [-0.2, 0) is 16.4 Å². The number of rotatable bonds is 8. The molecule has 108 valence electrons. The van der Waals surface area contributed by atoms with Crippen LogP contribution in [0.5, 0.6) is 11.5 Å². The highest BCUT2D eigenvalue weighted by Gasteiger charge is 2.08. The summed E-state index contributed by atoms with van der Waals surface area (Å²) in [5, 5.41) is 0. The normalized spacial score (nSPS) is 11.3. The largest absolute Gasteiger partial charge is 0.493 e. The van der Waals surface area contributed by atoms with Crippen molar-refractivity contribution < 1.29 is 17.9 Å². The van der Waals surface area contributed by atoms with Crippen LogP contribution >= 0.6 is 0 Å². The molecule has 1 aromatic rings. The van der Waals surface area contributed by atoms with Crippen molar-refractivity contribution in [3.63, 3.8) is 0 Å². The van der Waals surface area contributed by atoms with Crippen LogP contribution in [0.3, 0.4) is 0 Å². The zero-order valence-corrected chi connectivity index (χ0v) is 12.2. The molecular formula is C13H21NO4S. The van der Waals surface area contributed by atoms with E-state index < -0.39 is 9.84 Å². The van der Waals surface area contributed by atoms with E-state index in [0.29, 0.717) is 31.1 Å². The summed E-state index contributed by atoms with van der Waals surface area (Å²) in [6, 6.07) is 5.47. The summed E-state index contributed by atoms with van der Waals surface area (Å²) in [5.41, 5.74) is 6.51. The molecule has 0 amide bonds. The van der Waals surface area contributed by atoms with Crippen LogP contribution in [0, 0.1) is 0 Å². The van der Waals surface area contributed by atoms with Crippen LogP contribution in [0.4, 0.5) is 0 Å². The van der Waals surface area contributed by atoms with Crippen molar-refractivity contribution in [1.82, 2.24) is 0 Å². The smallest absolute Gasteiger partial charge is 0.161 e. The van der Waals surface area contributed by atoms with Crippen LogP contribution in [-0.4, -0.2) is 33.6 Å². The summed E-state index contributed by atoms with van der Waals surface area (Å²) in [7, 11) is -1.37. The van der Waals surface area contributed by atoms with Crippen LogP contribution in [0.15, 0.2) is 18.2 Å². The molecule has 19 heavy (non-hydrogen) atoms. The first-order chi connectivity index (χ1) is 9.02. The van der Waals surface area contributed by atoms with Crippen molar-refractivity contribution in [3.8, 4) is 11.5 Å². The fraction of sp³-hybridized carbons (Fsp3) is 0.538. The summed E-state index contributed by atoms with van der Waals surface area (Å²) < 4.78 is 33.4. The van der Waals surface area contributed by atoms with Crippen LogP contribution in [0.1, 0.15) is 18.9 Å². The van der Waals surface area contributed by atoms with Gasteiger partial charge in [-0.2, -0.15) is 0 Å². The van der Waals surface area contributed by atoms with Crippen molar-refractivity contribution in [2.75, 3.05) is 25.2 Å². The second kappa shape index (κ2) is 7.35. The van der Waals surface area contributed by atoms with E-state index in [1.54, 1.807) is 20.1 Å². The Balaban J connectivity index is 2.57. The van der Waals surface area contributed by atoms with Crippen molar-refractivity contribution in [2.24, 2.45) is 5.73 Å². The second-order valence-corrected chi connectivity index (χ2v) is 6.60. The molecule has 0 spiro atoms. The van der Waals surface area contributed by atoms with Crippen molar-refractivity contribution in [2.45, 2.75) is 19.9 Å². The Kier molecular flexibility index (Phi) is 6.11. The van der Waals surface area contributed by atoms with Gasteiger partial charge in [0.25, 0.3) is 0 Å². The predicted molar refractivity (Wildman–Crippen MR) is 75.3 cm³/mol. The lowest BCUT2D eigenvalue weighted by Crippen LogP contribution is -2.12. The van der Waals surface area contributed by atoms with E-state index in [0.717, 1.165) is 5.56 Å². The first-order valence-electron chi connectivity index (χ1n) is 6.22. The molecule has 5 nitrogen and oxygen atoms in total. The van der Waals surface area contributed by atoms with E-state index in [1.165, 1.54) is 0 Å². The Labute approximate surface area is 114 Å². The van der Waals surface area contributed by atoms with Crippen molar-refractivity contribution >= 4 is 9.84 Å².